The molecule has 0 radical (unpaired) electrons. The molecule has 110 valence electrons. The number of amides is 1. The van der Waals surface area contributed by atoms with Crippen LogP contribution in [0.15, 0.2) is 30.3 Å². The van der Waals surface area contributed by atoms with E-state index in [0.29, 0.717) is 12.5 Å². The van der Waals surface area contributed by atoms with Gasteiger partial charge in [-0.25, -0.2) is 4.79 Å². The summed E-state index contributed by atoms with van der Waals surface area (Å²) in [6.07, 6.45) is 3.65. The molecule has 0 aromatic heterocycles. The molecule has 1 saturated heterocycles. The summed E-state index contributed by atoms with van der Waals surface area (Å²) in [5.74, 6) is 0.534. The van der Waals surface area contributed by atoms with Gasteiger partial charge in [-0.05, 0) is 37.2 Å². The van der Waals surface area contributed by atoms with E-state index in [1.54, 1.807) is 4.90 Å². The predicted molar refractivity (Wildman–Crippen MR) is 77.2 cm³/mol. The van der Waals surface area contributed by atoms with Gasteiger partial charge in [0.25, 0.3) is 0 Å². The van der Waals surface area contributed by atoms with E-state index >= 15 is 0 Å². The molecule has 4 nitrogen and oxygen atoms in total. The van der Waals surface area contributed by atoms with E-state index in [2.05, 4.69) is 0 Å². The molecule has 20 heavy (non-hydrogen) atoms. The Morgan fingerprint density at radius 2 is 2.05 bits per heavy atom. The summed E-state index contributed by atoms with van der Waals surface area (Å²) in [5, 5.41) is 8.99. The third kappa shape index (κ3) is 4.53. The first kappa shape index (κ1) is 14.9. The molecule has 1 aliphatic heterocycles. The van der Waals surface area contributed by atoms with E-state index in [1.807, 2.05) is 30.3 Å². The third-order valence-corrected chi connectivity index (χ3v) is 3.85. The molecule has 1 aromatic carbocycles. The number of carbonyl (C=O) groups excluding carboxylic acids is 1. The van der Waals surface area contributed by atoms with Gasteiger partial charge in [0.15, 0.2) is 0 Å². The Bertz CT molecular complexity index is 407. The highest BCUT2D eigenvalue weighted by molar-refractivity contribution is 5.67. The van der Waals surface area contributed by atoms with Crippen LogP contribution in [-0.2, 0) is 11.3 Å². The quantitative estimate of drug-likeness (QED) is 0.920. The number of likely N-dealkylation sites (tertiary alicyclic amines) is 1. The zero-order chi connectivity index (χ0) is 14.2. The SMILES string of the molecule is O=C(OCc1ccccc1)N1CCCC(CCO)CC1. The zero-order valence-electron chi connectivity index (χ0n) is 11.8. The second-order valence-electron chi connectivity index (χ2n) is 5.34. The first-order valence-corrected chi connectivity index (χ1v) is 7.36. The summed E-state index contributed by atoms with van der Waals surface area (Å²) < 4.78 is 5.36. The van der Waals surface area contributed by atoms with Crippen LogP contribution in [0.3, 0.4) is 0 Å². The largest absolute Gasteiger partial charge is 0.445 e. The van der Waals surface area contributed by atoms with Gasteiger partial charge in [-0.3, -0.25) is 0 Å². The maximum Gasteiger partial charge on any atom is 0.410 e. The average Bonchev–Trinajstić information content (AvgIpc) is 2.72. The van der Waals surface area contributed by atoms with Crippen LogP contribution in [0.2, 0.25) is 0 Å². The summed E-state index contributed by atoms with van der Waals surface area (Å²) in [6, 6.07) is 9.73. The van der Waals surface area contributed by atoms with Crippen molar-refractivity contribution >= 4 is 6.09 Å². The number of rotatable bonds is 4. The number of ether oxygens (including phenoxy) is 1. The maximum absolute atomic E-state index is 12.0. The predicted octanol–water partition coefficient (Wildman–Crippen LogP) is 2.81. The van der Waals surface area contributed by atoms with Crippen LogP contribution in [0.25, 0.3) is 0 Å². The van der Waals surface area contributed by atoms with E-state index < -0.39 is 0 Å². The van der Waals surface area contributed by atoms with Crippen LogP contribution in [0.5, 0.6) is 0 Å². The van der Waals surface area contributed by atoms with E-state index in [1.165, 1.54) is 0 Å². The highest BCUT2D eigenvalue weighted by atomic mass is 16.6. The standard InChI is InChI=1S/C16H23NO3/c18-12-9-14-7-4-10-17(11-8-14)16(19)20-13-15-5-2-1-3-6-15/h1-3,5-6,14,18H,4,7-13H2. The zero-order valence-corrected chi connectivity index (χ0v) is 11.8. The number of hydrogen-bond donors (Lipinski definition) is 1. The molecule has 1 aliphatic rings. The highest BCUT2D eigenvalue weighted by Gasteiger charge is 2.21. The maximum atomic E-state index is 12.0. The Balaban J connectivity index is 1.77. The van der Waals surface area contributed by atoms with Gasteiger partial charge in [-0.2, -0.15) is 0 Å². The topological polar surface area (TPSA) is 49.8 Å². The normalized spacial score (nSPS) is 19.4. The minimum atomic E-state index is -0.224. The molecule has 1 amide bonds. The van der Waals surface area contributed by atoms with Crippen molar-refractivity contribution in [2.45, 2.75) is 32.3 Å². The Morgan fingerprint density at radius 1 is 1.25 bits per heavy atom. The Labute approximate surface area is 120 Å². The van der Waals surface area contributed by atoms with Crippen molar-refractivity contribution in [2.24, 2.45) is 5.92 Å². The fourth-order valence-corrected chi connectivity index (χ4v) is 2.63. The molecular weight excluding hydrogens is 254 g/mol. The number of benzene rings is 1. The van der Waals surface area contributed by atoms with Crippen LogP contribution in [-0.4, -0.2) is 35.8 Å². The molecule has 2 rings (SSSR count). The average molecular weight is 277 g/mol. The Morgan fingerprint density at radius 3 is 2.80 bits per heavy atom. The molecule has 1 fully saturated rings. The van der Waals surface area contributed by atoms with Crippen LogP contribution < -0.4 is 0 Å². The van der Waals surface area contributed by atoms with Crippen molar-refractivity contribution < 1.29 is 14.6 Å². The molecule has 1 N–H and O–H groups in total. The molecule has 0 spiro atoms. The van der Waals surface area contributed by atoms with Crippen LogP contribution >= 0.6 is 0 Å². The lowest BCUT2D eigenvalue weighted by Gasteiger charge is -2.20. The van der Waals surface area contributed by atoms with Gasteiger partial charge in [-0.15, -0.1) is 0 Å². The molecule has 0 bridgehead atoms. The number of hydrogen-bond acceptors (Lipinski definition) is 3. The fraction of sp³-hybridized carbons (Fsp3) is 0.562. The van der Waals surface area contributed by atoms with Gasteiger partial charge < -0.3 is 14.7 Å². The molecule has 1 unspecified atom stereocenters. The first-order chi connectivity index (χ1) is 9.79. The highest BCUT2D eigenvalue weighted by Crippen LogP contribution is 2.20. The van der Waals surface area contributed by atoms with Crippen molar-refractivity contribution in [3.63, 3.8) is 0 Å². The van der Waals surface area contributed by atoms with E-state index in [4.69, 9.17) is 9.84 Å². The lowest BCUT2D eigenvalue weighted by atomic mass is 9.98. The smallest absolute Gasteiger partial charge is 0.410 e. The molecule has 1 heterocycles. The first-order valence-electron chi connectivity index (χ1n) is 7.36. The van der Waals surface area contributed by atoms with Gasteiger partial charge in [-0.1, -0.05) is 30.3 Å². The van der Waals surface area contributed by atoms with Gasteiger partial charge >= 0.3 is 6.09 Å². The summed E-state index contributed by atoms with van der Waals surface area (Å²) >= 11 is 0. The minimum absolute atomic E-state index is 0.224. The van der Waals surface area contributed by atoms with Gasteiger partial charge in [0.2, 0.25) is 0 Å². The summed E-state index contributed by atoms with van der Waals surface area (Å²) in [4.78, 5) is 13.8. The van der Waals surface area contributed by atoms with Gasteiger partial charge in [0.1, 0.15) is 6.61 Å². The molecule has 1 aromatic rings. The van der Waals surface area contributed by atoms with E-state index in [9.17, 15) is 4.79 Å². The number of aliphatic hydroxyl groups is 1. The number of nitrogens with zero attached hydrogens (tertiary/aromatic N) is 1. The van der Waals surface area contributed by atoms with E-state index in [0.717, 1.165) is 44.3 Å². The summed E-state index contributed by atoms with van der Waals surface area (Å²) in [6.45, 7) is 2.06. The van der Waals surface area contributed by atoms with Crippen molar-refractivity contribution in [1.29, 1.82) is 0 Å². The molecule has 0 aliphatic carbocycles. The monoisotopic (exact) mass is 277 g/mol. The Kier molecular flexibility index (Phi) is 5.87. The minimum Gasteiger partial charge on any atom is -0.445 e. The van der Waals surface area contributed by atoms with Crippen LogP contribution in [0, 0.1) is 5.92 Å². The Hall–Kier alpha value is -1.55. The van der Waals surface area contributed by atoms with Crippen molar-refractivity contribution in [2.75, 3.05) is 19.7 Å². The van der Waals surface area contributed by atoms with Crippen molar-refractivity contribution in [1.82, 2.24) is 4.90 Å². The van der Waals surface area contributed by atoms with Crippen molar-refractivity contribution in [3.8, 4) is 0 Å². The van der Waals surface area contributed by atoms with Gasteiger partial charge in [0.05, 0.1) is 0 Å². The third-order valence-electron chi connectivity index (χ3n) is 3.85. The molecular formula is C16H23NO3. The van der Waals surface area contributed by atoms with E-state index in [-0.39, 0.29) is 12.7 Å². The second-order valence-corrected chi connectivity index (χ2v) is 5.34. The lowest BCUT2D eigenvalue weighted by molar-refractivity contribution is 0.0969. The number of carbonyl (C=O) groups is 1. The summed E-state index contributed by atoms with van der Waals surface area (Å²) in [5.41, 5.74) is 1.01. The summed E-state index contributed by atoms with van der Waals surface area (Å²) in [7, 11) is 0. The molecule has 1 atom stereocenters. The molecule has 4 heteroatoms. The van der Waals surface area contributed by atoms with Crippen molar-refractivity contribution in [3.05, 3.63) is 35.9 Å². The van der Waals surface area contributed by atoms with Crippen LogP contribution in [0.4, 0.5) is 4.79 Å². The van der Waals surface area contributed by atoms with Gasteiger partial charge in [0, 0.05) is 19.7 Å². The number of aliphatic hydroxyl groups excluding tert-OH is 1. The second kappa shape index (κ2) is 7.90. The lowest BCUT2D eigenvalue weighted by Crippen LogP contribution is -2.32. The molecule has 0 saturated carbocycles. The fourth-order valence-electron chi connectivity index (χ4n) is 2.63. The van der Waals surface area contributed by atoms with Crippen LogP contribution in [0.1, 0.15) is 31.2 Å².